The van der Waals surface area contributed by atoms with Gasteiger partial charge < -0.3 is 5.32 Å². The number of rotatable bonds is 7. The number of carbonyl (C=O) groups is 1. The van der Waals surface area contributed by atoms with Crippen molar-refractivity contribution in [1.82, 2.24) is 18.8 Å². The number of hydrogen-bond acceptors (Lipinski definition) is 4. The highest BCUT2D eigenvalue weighted by Crippen LogP contribution is 2.21. The Labute approximate surface area is 168 Å². The zero-order valence-electron chi connectivity index (χ0n) is 16.9. The Morgan fingerprint density at radius 2 is 1.86 bits per heavy atom. The summed E-state index contributed by atoms with van der Waals surface area (Å²) in [4.78, 5) is 15.1. The molecule has 0 spiro atoms. The second kappa shape index (κ2) is 9.35. The summed E-state index contributed by atoms with van der Waals surface area (Å²) in [5, 5.41) is 3.00. The largest absolute Gasteiger partial charge is 0.352 e. The SMILES string of the molecule is CN(C)S(=O)(=O)N1CCC[C@H](C(=O)NCc2cccc(CN3CCCC3)c2)C1. The molecule has 0 unspecified atom stereocenters. The molecule has 1 N–H and O–H groups in total. The summed E-state index contributed by atoms with van der Waals surface area (Å²) in [6.45, 7) is 4.49. The van der Waals surface area contributed by atoms with E-state index < -0.39 is 10.2 Å². The maximum atomic E-state index is 12.6. The number of piperidine rings is 1. The molecule has 1 aromatic carbocycles. The minimum absolute atomic E-state index is 0.0661. The summed E-state index contributed by atoms with van der Waals surface area (Å²) in [6, 6.07) is 8.35. The van der Waals surface area contributed by atoms with Crippen molar-refractivity contribution >= 4 is 16.1 Å². The monoisotopic (exact) mass is 408 g/mol. The average Bonchev–Trinajstić information content (AvgIpc) is 3.19. The summed E-state index contributed by atoms with van der Waals surface area (Å²) < 4.78 is 27.3. The molecule has 0 radical (unpaired) electrons. The van der Waals surface area contributed by atoms with Crippen LogP contribution >= 0.6 is 0 Å². The van der Waals surface area contributed by atoms with Gasteiger partial charge in [-0.05, 0) is 49.9 Å². The van der Waals surface area contributed by atoms with Crippen molar-refractivity contribution in [2.24, 2.45) is 5.92 Å². The molecule has 1 aromatic rings. The van der Waals surface area contributed by atoms with Crippen LogP contribution in [-0.4, -0.2) is 68.1 Å². The van der Waals surface area contributed by atoms with E-state index in [-0.39, 0.29) is 18.4 Å². The second-order valence-corrected chi connectivity index (χ2v) is 10.2. The van der Waals surface area contributed by atoms with Gasteiger partial charge >= 0.3 is 0 Å². The second-order valence-electron chi connectivity index (χ2n) is 8.01. The van der Waals surface area contributed by atoms with Crippen molar-refractivity contribution in [3.8, 4) is 0 Å². The first-order valence-corrected chi connectivity index (χ1v) is 11.5. The Kier molecular flexibility index (Phi) is 7.09. The lowest BCUT2D eigenvalue weighted by molar-refractivity contribution is -0.126. The predicted molar refractivity (Wildman–Crippen MR) is 110 cm³/mol. The molecule has 0 bridgehead atoms. The van der Waals surface area contributed by atoms with Crippen molar-refractivity contribution in [2.45, 2.75) is 38.8 Å². The highest BCUT2D eigenvalue weighted by atomic mass is 32.2. The van der Waals surface area contributed by atoms with E-state index in [1.165, 1.54) is 41.1 Å². The molecule has 28 heavy (non-hydrogen) atoms. The molecule has 2 heterocycles. The van der Waals surface area contributed by atoms with E-state index in [4.69, 9.17) is 0 Å². The van der Waals surface area contributed by atoms with Gasteiger partial charge in [-0.25, -0.2) is 0 Å². The number of amides is 1. The Balaban J connectivity index is 1.53. The van der Waals surface area contributed by atoms with Gasteiger partial charge in [-0.1, -0.05) is 24.3 Å². The topological polar surface area (TPSA) is 73.0 Å². The van der Waals surface area contributed by atoms with Gasteiger partial charge in [0.25, 0.3) is 10.2 Å². The van der Waals surface area contributed by atoms with Gasteiger partial charge in [-0.3, -0.25) is 9.69 Å². The number of benzene rings is 1. The van der Waals surface area contributed by atoms with Crippen LogP contribution in [0.15, 0.2) is 24.3 Å². The van der Waals surface area contributed by atoms with Gasteiger partial charge in [-0.15, -0.1) is 0 Å². The molecule has 7 nitrogen and oxygen atoms in total. The molecule has 2 saturated heterocycles. The molecule has 0 saturated carbocycles. The zero-order chi connectivity index (χ0) is 20.1. The van der Waals surface area contributed by atoms with E-state index in [2.05, 4.69) is 22.3 Å². The van der Waals surface area contributed by atoms with Gasteiger partial charge in [0.1, 0.15) is 0 Å². The predicted octanol–water partition coefficient (Wildman–Crippen LogP) is 1.42. The fourth-order valence-corrected chi connectivity index (χ4v) is 5.16. The van der Waals surface area contributed by atoms with Crippen LogP contribution in [-0.2, 0) is 28.1 Å². The first-order chi connectivity index (χ1) is 13.4. The van der Waals surface area contributed by atoms with Crippen molar-refractivity contribution in [3.63, 3.8) is 0 Å². The summed E-state index contributed by atoms with van der Waals surface area (Å²) in [6.07, 6.45) is 3.98. The molecule has 2 aliphatic rings. The molecular formula is C20H32N4O3S. The van der Waals surface area contributed by atoms with Crippen LogP contribution in [0.3, 0.4) is 0 Å². The lowest BCUT2D eigenvalue weighted by Gasteiger charge is -2.32. The smallest absolute Gasteiger partial charge is 0.281 e. The molecular weight excluding hydrogens is 376 g/mol. The van der Waals surface area contributed by atoms with Gasteiger partial charge in [0.05, 0.1) is 5.92 Å². The van der Waals surface area contributed by atoms with Crippen LogP contribution in [0.4, 0.5) is 0 Å². The number of carbonyl (C=O) groups excluding carboxylic acids is 1. The zero-order valence-corrected chi connectivity index (χ0v) is 17.7. The van der Waals surface area contributed by atoms with Crippen LogP contribution in [0.1, 0.15) is 36.8 Å². The van der Waals surface area contributed by atoms with Gasteiger partial charge in [-0.2, -0.15) is 17.0 Å². The van der Waals surface area contributed by atoms with Gasteiger partial charge in [0.15, 0.2) is 0 Å². The van der Waals surface area contributed by atoms with Crippen LogP contribution in [0.2, 0.25) is 0 Å². The molecule has 0 aliphatic carbocycles. The molecule has 1 atom stereocenters. The summed E-state index contributed by atoms with van der Waals surface area (Å²) in [5.74, 6) is -0.361. The number of nitrogens with one attached hydrogen (secondary N) is 1. The van der Waals surface area contributed by atoms with Crippen molar-refractivity contribution in [3.05, 3.63) is 35.4 Å². The molecule has 156 valence electrons. The Hall–Kier alpha value is -1.48. The molecule has 3 rings (SSSR count). The average molecular weight is 409 g/mol. The van der Waals surface area contributed by atoms with Crippen LogP contribution in [0, 0.1) is 5.92 Å². The standard InChI is InChI=1S/C20H32N4O3S/c1-22(2)28(26,27)24-12-6-9-19(16-24)20(25)21-14-17-7-5-8-18(13-17)15-23-10-3-4-11-23/h5,7-8,13,19H,3-4,6,9-12,14-16H2,1-2H3,(H,21,25)/t19-/m0/s1. The normalized spacial score (nSPS) is 21.9. The summed E-state index contributed by atoms with van der Waals surface area (Å²) in [5.41, 5.74) is 2.35. The first kappa shape index (κ1) is 21.2. The lowest BCUT2D eigenvalue weighted by atomic mass is 9.98. The molecule has 8 heteroatoms. The van der Waals surface area contributed by atoms with Crippen LogP contribution in [0.25, 0.3) is 0 Å². The third kappa shape index (κ3) is 5.31. The van der Waals surface area contributed by atoms with E-state index >= 15 is 0 Å². The number of likely N-dealkylation sites (tertiary alicyclic amines) is 1. The minimum Gasteiger partial charge on any atom is -0.352 e. The fourth-order valence-electron chi connectivity index (χ4n) is 3.97. The Morgan fingerprint density at radius 1 is 1.14 bits per heavy atom. The number of hydrogen-bond donors (Lipinski definition) is 1. The molecule has 2 aliphatic heterocycles. The van der Waals surface area contributed by atoms with Gasteiger partial charge in [0.2, 0.25) is 5.91 Å². The first-order valence-electron chi connectivity index (χ1n) is 10.1. The third-order valence-electron chi connectivity index (χ3n) is 5.61. The highest BCUT2D eigenvalue weighted by Gasteiger charge is 2.33. The van der Waals surface area contributed by atoms with E-state index in [0.29, 0.717) is 19.5 Å². The van der Waals surface area contributed by atoms with E-state index in [0.717, 1.165) is 31.6 Å². The van der Waals surface area contributed by atoms with Crippen molar-refractivity contribution < 1.29 is 13.2 Å². The quantitative estimate of drug-likeness (QED) is 0.741. The lowest BCUT2D eigenvalue weighted by Crippen LogP contribution is -2.48. The van der Waals surface area contributed by atoms with Crippen LogP contribution < -0.4 is 5.32 Å². The van der Waals surface area contributed by atoms with E-state index in [1.807, 2.05) is 12.1 Å². The summed E-state index contributed by atoms with van der Waals surface area (Å²) >= 11 is 0. The van der Waals surface area contributed by atoms with E-state index in [1.54, 1.807) is 0 Å². The van der Waals surface area contributed by atoms with Crippen molar-refractivity contribution in [2.75, 3.05) is 40.3 Å². The maximum absolute atomic E-state index is 12.6. The molecule has 1 amide bonds. The molecule has 0 aromatic heterocycles. The molecule has 2 fully saturated rings. The van der Waals surface area contributed by atoms with E-state index in [9.17, 15) is 13.2 Å². The minimum atomic E-state index is -3.47. The Morgan fingerprint density at radius 3 is 2.57 bits per heavy atom. The van der Waals surface area contributed by atoms with Crippen molar-refractivity contribution in [1.29, 1.82) is 0 Å². The highest BCUT2D eigenvalue weighted by molar-refractivity contribution is 7.86. The summed E-state index contributed by atoms with van der Waals surface area (Å²) in [7, 11) is -0.425. The van der Waals surface area contributed by atoms with Gasteiger partial charge in [0, 0.05) is 40.3 Å². The fraction of sp³-hybridized carbons (Fsp3) is 0.650. The maximum Gasteiger partial charge on any atom is 0.281 e. The number of nitrogens with zero attached hydrogens (tertiary/aromatic N) is 3. The third-order valence-corrected chi connectivity index (χ3v) is 7.51. The Bertz CT molecular complexity index is 775. The van der Waals surface area contributed by atoms with Crippen LogP contribution in [0.5, 0.6) is 0 Å².